The normalized spacial score (nSPS) is 22.8. The molecule has 0 spiro atoms. The van der Waals surface area contributed by atoms with E-state index in [4.69, 9.17) is 0 Å². The molecule has 0 saturated carbocycles. The van der Waals surface area contributed by atoms with Crippen LogP contribution in [-0.4, -0.2) is 60.5 Å². The van der Waals surface area contributed by atoms with Crippen molar-refractivity contribution in [1.82, 2.24) is 15.1 Å². The van der Waals surface area contributed by atoms with Crippen molar-refractivity contribution in [3.05, 3.63) is 0 Å². The van der Waals surface area contributed by atoms with Gasteiger partial charge in [-0.15, -0.1) is 0 Å². The lowest BCUT2D eigenvalue weighted by Gasteiger charge is -2.27. The zero-order valence-electron chi connectivity index (χ0n) is 13.1. The van der Waals surface area contributed by atoms with Crippen molar-refractivity contribution in [2.75, 3.05) is 32.7 Å². The van der Waals surface area contributed by atoms with Crippen LogP contribution in [0.1, 0.15) is 47.0 Å². The molecule has 1 saturated heterocycles. The van der Waals surface area contributed by atoms with Crippen molar-refractivity contribution >= 4 is 5.91 Å². The lowest BCUT2D eigenvalue weighted by molar-refractivity contribution is -0.132. The first-order valence-corrected chi connectivity index (χ1v) is 7.89. The first kappa shape index (κ1) is 16.4. The monoisotopic (exact) mass is 269 g/mol. The molecule has 2 unspecified atom stereocenters. The van der Waals surface area contributed by atoms with Crippen molar-refractivity contribution in [2.24, 2.45) is 0 Å². The van der Waals surface area contributed by atoms with Gasteiger partial charge in [0.1, 0.15) is 0 Å². The zero-order chi connectivity index (χ0) is 14.3. The molecule has 0 aromatic carbocycles. The van der Waals surface area contributed by atoms with Gasteiger partial charge in [-0.2, -0.15) is 0 Å². The van der Waals surface area contributed by atoms with E-state index in [1.807, 2.05) is 25.7 Å². The summed E-state index contributed by atoms with van der Waals surface area (Å²) in [6.07, 6.45) is 3.58. The Labute approximate surface area is 118 Å². The summed E-state index contributed by atoms with van der Waals surface area (Å²) >= 11 is 0. The quantitative estimate of drug-likeness (QED) is 0.797. The predicted molar refractivity (Wildman–Crippen MR) is 80.3 cm³/mol. The number of nitrogens with one attached hydrogen (secondary N) is 1. The number of rotatable bonds is 6. The second-order valence-electron chi connectivity index (χ2n) is 5.46. The topological polar surface area (TPSA) is 35.6 Å². The van der Waals surface area contributed by atoms with Crippen molar-refractivity contribution in [1.29, 1.82) is 0 Å². The number of likely N-dealkylation sites (tertiary alicyclic amines) is 1. The fourth-order valence-electron chi connectivity index (χ4n) is 2.87. The molecule has 0 bridgehead atoms. The zero-order valence-corrected chi connectivity index (χ0v) is 13.1. The molecule has 1 fully saturated rings. The van der Waals surface area contributed by atoms with Gasteiger partial charge in [0, 0.05) is 19.1 Å². The van der Waals surface area contributed by atoms with Crippen LogP contribution in [0.5, 0.6) is 0 Å². The van der Waals surface area contributed by atoms with Crippen LogP contribution < -0.4 is 5.32 Å². The van der Waals surface area contributed by atoms with Gasteiger partial charge in [0.15, 0.2) is 0 Å². The van der Waals surface area contributed by atoms with E-state index in [0.717, 1.165) is 32.6 Å². The number of carbonyl (C=O) groups excluding carboxylic acids is 1. The third kappa shape index (κ3) is 5.11. The molecule has 1 N–H and O–H groups in total. The molecule has 0 aromatic heterocycles. The highest BCUT2D eigenvalue weighted by Crippen LogP contribution is 2.12. The summed E-state index contributed by atoms with van der Waals surface area (Å²) in [5, 5.41) is 3.53. The Kier molecular flexibility index (Phi) is 7.39. The Bertz CT molecular complexity index is 266. The number of hydrogen-bond donors (Lipinski definition) is 1. The number of nitrogens with zero attached hydrogens (tertiary/aromatic N) is 2. The van der Waals surface area contributed by atoms with Crippen molar-refractivity contribution in [3.8, 4) is 0 Å². The minimum atomic E-state index is -0.0573. The molecule has 0 aliphatic carbocycles. The van der Waals surface area contributed by atoms with Crippen molar-refractivity contribution in [3.63, 3.8) is 0 Å². The largest absolute Gasteiger partial charge is 0.342 e. The summed E-state index contributed by atoms with van der Waals surface area (Å²) in [4.78, 5) is 16.6. The van der Waals surface area contributed by atoms with E-state index in [-0.39, 0.29) is 11.9 Å². The standard InChI is InChI=1S/C15H31N3O/c1-5-17-11-8-9-14(10-12-17)16-13(4)15(19)18(6-2)7-3/h13-14,16H,5-12H2,1-4H3. The minimum Gasteiger partial charge on any atom is -0.342 e. The Morgan fingerprint density at radius 1 is 1.26 bits per heavy atom. The lowest BCUT2D eigenvalue weighted by atomic mass is 10.1. The number of carbonyl (C=O) groups is 1. The van der Waals surface area contributed by atoms with E-state index in [1.165, 1.54) is 19.4 Å². The van der Waals surface area contributed by atoms with Crippen molar-refractivity contribution in [2.45, 2.75) is 59.0 Å². The van der Waals surface area contributed by atoms with Crippen LogP contribution >= 0.6 is 0 Å². The first-order chi connectivity index (χ1) is 9.12. The Morgan fingerprint density at radius 3 is 2.53 bits per heavy atom. The summed E-state index contributed by atoms with van der Waals surface area (Å²) in [6.45, 7) is 13.4. The molecule has 0 aromatic rings. The van der Waals surface area contributed by atoms with Crippen LogP contribution in [0.3, 0.4) is 0 Å². The predicted octanol–water partition coefficient (Wildman–Crippen LogP) is 1.71. The van der Waals surface area contributed by atoms with Crippen LogP contribution in [-0.2, 0) is 4.79 Å². The van der Waals surface area contributed by atoms with E-state index in [0.29, 0.717) is 6.04 Å². The van der Waals surface area contributed by atoms with Crippen molar-refractivity contribution < 1.29 is 4.79 Å². The molecule has 4 nitrogen and oxygen atoms in total. The van der Waals surface area contributed by atoms with Crippen LogP contribution in [0.4, 0.5) is 0 Å². The second-order valence-corrected chi connectivity index (χ2v) is 5.46. The molecule has 2 atom stereocenters. The van der Waals surface area contributed by atoms with Gasteiger partial charge < -0.3 is 15.1 Å². The molecule has 1 aliphatic rings. The second kappa shape index (κ2) is 8.54. The molecule has 1 rings (SSSR count). The number of amides is 1. The molecular weight excluding hydrogens is 238 g/mol. The van der Waals surface area contributed by atoms with Gasteiger partial charge in [-0.25, -0.2) is 0 Å². The molecule has 112 valence electrons. The van der Waals surface area contributed by atoms with Gasteiger partial charge in [0.25, 0.3) is 0 Å². The van der Waals surface area contributed by atoms with Gasteiger partial charge in [-0.05, 0) is 59.7 Å². The average molecular weight is 269 g/mol. The summed E-state index contributed by atoms with van der Waals surface area (Å²) in [6, 6.07) is 0.434. The van der Waals surface area contributed by atoms with Crippen LogP contribution in [0.2, 0.25) is 0 Å². The molecule has 1 heterocycles. The molecule has 1 amide bonds. The van der Waals surface area contributed by atoms with Gasteiger partial charge in [0.2, 0.25) is 5.91 Å². The third-order valence-electron chi connectivity index (χ3n) is 4.20. The number of likely N-dealkylation sites (N-methyl/N-ethyl adjacent to an activating group) is 1. The van der Waals surface area contributed by atoms with E-state index in [9.17, 15) is 4.79 Å². The maximum absolute atomic E-state index is 12.2. The van der Waals surface area contributed by atoms with E-state index in [2.05, 4.69) is 17.1 Å². The average Bonchev–Trinajstić information content (AvgIpc) is 2.65. The van der Waals surface area contributed by atoms with Gasteiger partial charge in [-0.1, -0.05) is 6.92 Å². The fraction of sp³-hybridized carbons (Fsp3) is 0.933. The highest BCUT2D eigenvalue weighted by molar-refractivity contribution is 5.81. The summed E-state index contributed by atoms with van der Waals surface area (Å²) in [5.41, 5.74) is 0. The highest BCUT2D eigenvalue weighted by Gasteiger charge is 2.22. The summed E-state index contributed by atoms with van der Waals surface area (Å²) in [7, 11) is 0. The maximum Gasteiger partial charge on any atom is 0.239 e. The number of hydrogen-bond acceptors (Lipinski definition) is 3. The minimum absolute atomic E-state index is 0.0573. The first-order valence-electron chi connectivity index (χ1n) is 7.89. The smallest absolute Gasteiger partial charge is 0.239 e. The van der Waals surface area contributed by atoms with Crippen LogP contribution in [0, 0.1) is 0 Å². The summed E-state index contributed by atoms with van der Waals surface area (Å²) in [5.74, 6) is 0.238. The third-order valence-corrected chi connectivity index (χ3v) is 4.20. The maximum atomic E-state index is 12.2. The molecule has 0 radical (unpaired) electrons. The van der Waals surface area contributed by atoms with E-state index in [1.54, 1.807) is 0 Å². The lowest BCUT2D eigenvalue weighted by Crippen LogP contribution is -2.48. The Hall–Kier alpha value is -0.610. The Morgan fingerprint density at radius 2 is 1.95 bits per heavy atom. The van der Waals surface area contributed by atoms with E-state index >= 15 is 0 Å². The molecule has 4 heteroatoms. The van der Waals surface area contributed by atoms with Crippen LogP contribution in [0.25, 0.3) is 0 Å². The molecular formula is C15H31N3O. The fourth-order valence-corrected chi connectivity index (χ4v) is 2.87. The van der Waals surface area contributed by atoms with Crippen LogP contribution in [0.15, 0.2) is 0 Å². The highest BCUT2D eigenvalue weighted by atomic mass is 16.2. The molecule has 19 heavy (non-hydrogen) atoms. The van der Waals surface area contributed by atoms with Gasteiger partial charge in [-0.3, -0.25) is 4.79 Å². The summed E-state index contributed by atoms with van der Waals surface area (Å²) < 4.78 is 0. The van der Waals surface area contributed by atoms with Gasteiger partial charge >= 0.3 is 0 Å². The van der Waals surface area contributed by atoms with Gasteiger partial charge in [0.05, 0.1) is 6.04 Å². The Balaban J connectivity index is 2.43. The van der Waals surface area contributed by atoms with E-state index < -0.39 is 0 Å². The molecule has 1 aliphatic heterocycles. The SMILES string of the molecule is CCN1CCCC(NC(C)C(=O)N(CC)CC)CC1.